The monoisotopic (exact) mass is 622 g/mol. The molecule has 4 aromatic heterocycles. The van der Waals surface area contributed by atoms with Gasteiger partial charge in [0.1, 0.15) is 22.3 Å². The molecule has 46 heavy (non-hydrogen) atoms. The highest BCUT2D eigenvalue weighted by Crippen LogP contribution is 2.45. The summed E-state index contributed by atoms with van der Waals surface area (Å²) in [5.74, 6) is 0. The zero-order valence-electron chi connectivity index (χ0n) is 24.3. The van der Waals surface area contributed by atoms with Crippen LogP contribution in [-0.2, 0) is 0 Å². The summed E-state index contributed by atoms with van der Waals surface area (Å²) < 4.78 is 17.9. The Hall–Kier alpha value is -5.42. The molecule has 0 spiro atoms. The van der Waals surface area contributed by atoms with Crippen molar-refractivity contribution >= 4 is 107 Å². The minimum atomic E-state index is 0.852. The largest absolute Gasteiger partial charge is 0.456 e. The molecular weight excluding hydrogens is 601 g/mol. The lowest BCUT2D eigenvalue weighted by Crippen LogP contribution is -1.81. The topological polar surface area (TPSA) is 26.3 Å². The van der Waals surface area contributed by atoms with Crippen molar-refractivity contribution in [2.75, 3.05) is 0 Å². The molecule has 2 nitrogen and oxygen atoms in total. The standard InChI is InChI=1S/C42H22O2S2/c1-3-7-32-28(5-1)39-34(43-32)17-15-27-30-21-25(13-16-33(30)44-42(27)39)23-9-11-24(12-10-23)26-14-18-36-31(22-26)41-38(46-36)20-19-37-40(41)29-6-2-4-8-35(29)45-37/h1-22H. The van der Waals surface area contributed by atoms with E-state index >= 15 is 0 Å². The van der Waals surface area contributed by atoms with Gasteiger partial charge in [0.2, 0.25) is 0 Å². The van der Waals surface area contributed by atoms with Crippen LogP contribution in [0.4, 0.5) is 0 Å². The Balaban J connectivity index is 1.02. The van der Waals surface area contributed by atoms with Crippen LogP contribution in [0.5, 0.6) is 0 Å². The van der Waals surface area contributed by atoms with Crippen molar-refractivity contribution < 1.29 is 8.83 Å². The number of fused-ring (bicyclic) bond motifs is 14. The third kappa shape index (κ3) is 3.40. The molecule has 4 heteroatoms. The van der Waals surface area contributed by atoms with E-state index in [0.29, 0.717) is 0 Å². The van der Waals surface area contributed by atoms with E-state index in [-0.39, 0.29) is 0 Å². The smallest absolute Gasteiger partial charge is 0.147 e. The number of thiophene rings is 2. The lowest BCUT2D eigenvalue weighted by Gasteiger charge is -2.06. The van der Waals surface area contributed by atoms with Gasteiger partial charge in [-0.05, 0) is 82.9 Å². The molecular formula is C42H22O2S2. The molecule has 11 aromatic rings. The fourth-order valence-corrected chi connectivity index (χ4v) is 9.55. The van der Waals surface area contributed by atoms with Crippen LogP contribution in [0, 0.1) is 0 Å². The number of hydrogen-bond acceptors (Lipinski definition) is 4. The summed E-state index contributed by atoms with van der Waals surface area (Å²) in [4.78, 5) is 0. The van der Waals surface area contributed by atoms with Crippen LogP contribution < -0.4 is 0 Å². The Bertz CT molecular complexity index is 3020. The van der Waals surface area contributed by atoms with E-state index in [4.69, 9.17) is 8.83 Å². The van der Waals surface area contributed by atoms with Crippen molar-refractivity contribution in [1.29, 1.82) is 0 Å². The second-order valence-electron chi connectivity index (χ2n) is 12.0. The fraction of sp³-hybridized carbons (Fsp3) is 0. The van der Waals surface area contributed by atoms with Crippen LogP contribution in [0.3, 0.4) is 0 Å². The highest BCUT2D eigenvalue weighted by Gasteiger charge is 2.17. The van der Waals surface area contributed by atoms with E-state index in [1.807, 2.05) is 40.9 Å². The summed E-state index contributed by atoms with van der Waals surface area (Å²) in [6.07, 6.45) is 0. The van der Waals surface area contributed by atoms with Gasteiger partial charge in [0.05, 0.1) is 5.39 Å². The van der Waals surface area contributed by atoms with E-state index in [1.165, 1.54) is 62.6 Å². The summed E-state index contributed by atoms with van der Waals surface area (Å²) in [7, 11) is 0. The van der Waals surface area contributed by atoms with Gasteiger partial charge >= 0.3 is 0 Å². The van der Waals surface area contributed by atoms with Crippen LogP contribution in [0.15, 0.2) is 142 Å². The van der Waals surface area contributed by atoms with Crippen molar-refractivity contribution in [3.63, 3.8) is 0 Å². The minimum Gasteiger partial charge on any atom is -0.456 e. The maximum Gasteiger partial charge on any atom is 0.147 e. The third-order valence-corrected chi connectivity index (χ3v) is 11.8. The fourth-order valence-electron chi connectivity index (χ4n) is 7.34. The predicted octanol–water partition coefficient (Wildman–Crippen LogP) is 13.6. The first-order valence-electron chi connectivity index (χ1n) is 15.4. The number of para-hydroxylation sites is 1. The highest BCUT2D eigenvalue weighted by atomic mass is 32.1. The van der Waals surface area contributed by atoms with Crippen molar-refractivity contribution in [2.24, 2.45) is 0 Å². The van der Waals surface area contributed by atoms with Crippen LogP contribution in [0.25, 0.3) is 106 Å². The average molecular weight is 623 g/mol. The number of furan rings is 2. The molecule has 0 saturated heterocycles. The first kappa shape index (κ1) is 24.8. The highest BCUT2D eigenvalue weighted by molar-refractivity contribution is 7.28. The Morgan fingerprint density at radius 2 is 0.891 bits per heavy atom. The molecule has 0 bridgehead atoms. The van der Waals surface area contributed by atoms with Crippen molar-refractivity contribution in [3.8, 4) is 22.3 Å². The van der Waals surface area contributed by atoms with Gasteiger partial charge in [0, 0.05) is 56.5 Å². The summed E-state index contributed by atoms with van der Waals surface area (Å²) >= 11 is 3.77. The van der Waals surface area contributed by atoms with Crippen molar-refractivity contribution in [2.45, 2.75) is 0 Å². The Morgan fingerprint density at radius 1 is 0.326 bits per heavy atom. The number of hydrogen-bond donors (Lipinski definition) is 0. The van der Waals surface area contributed by atoms with E-state index in [1.54, 1.807) is 0 Å². The molecule has 0 aliphatic heterocycles. The van der Waals surface area contributed by atoms with E-state index in [9.17, 15) is 0 Å². The van der Waals surface area contributed by atoms with Gasteiger partial charge in [0.25, 0.3) is 0 Å². The van der Waals surface area contributed by atoms with E-state index in [2.05, 4.69) is 115 Å². The number of benzene rings is 7. The van der Waals surface area contributed by atoms with Crippen molar-refractivity contribution in [1.82, 2.24) is 0 Å². The maximum absolute atomic E-state index is 6.45. The lowest BCUT2D eigenvalue weighted by atomic mass is 9.97. The SMILES string of the molecule is c1ccc2c(c1)oc1ccc3c4cc(-c5ccc(-c6ccc7sc8ccc9sc%10ccccc%10c9c8c7c6)cc5)ccc4oc3c12. The zero-order chi connectivity index (χ0) is 29.9. The Kier molecular flexibility index (Phi) is 4.90. The van der Waals surface area contributed by atoms with Gasteiger partial charge in [-0.1, -0.05) is 72.8 Å². The predicted molar refractivity (Wildman–Crippen MR) is 198 cm³/mol. The minimum absolute atomic E-state index is 0.852. The normalized spacial score (nSPS) is 12.3. The molecule has 11 rings (SSSR count). The summed E-state index contributed by atoms with van der Waals surface area (Å²) in [5, 5.41) is 9.82. The van der Waals surface area contributed by atoms with Crippen molar-refractivity contribution in [3.05, 3.63) is 133 Å². The molecule has 0 radical (unpaired) electrons. The summed E-state index contributed by atoms with van der Waals surface area (Å²) in [6, 6.07) is 48.2. The number of rotatable bonds is 2. The van der Waals surface area contributed by atoms with Crippen LogP contribution in [-0.4, -0.2) is 0 Å². The van der Waals surface area contributed by atoms with Gasteiger partial charge in [-0.15, -0.1) is 22.7 Å². The van der Waals surface area contributed by atoms with Crippen LogP contribution in [0.2, 0.25) is 0 Å². The first-order chi connectivity index (χ1) is 22.8. The van der Waals surface area contributed by atoms with Gasteiger partial charge in [0.15, 0.2) is 0 Å². The Labute approximate surface area is 270 Å². The van der Waals surface area contributed by atoms with E-state index < -0.39 is 0 Å². The molecule has 0 N–H and O–H groups in total. The van der Waals surface area contributed by atoms with Gasteiger partial charge in [-0.25, -0.2) is 0 Å². The van der Waals surface area contributed by atoms with Gasteiger partial charge in [-0.3, -0.25) is 0 Å². The first-order valence-corrected chi connectivity index (χ1v) is 17.0. The second-order valence-corrected chi connectivity index (χ2v) is 14.2. The molecule has 0 amide bonds. The maximum atomic E-state index is 6.45. The van der Waals surface area contributed by atoms with Gasteiger partial charge < -0.3 is 8.83 Å². The molecule has 0 aliphatic carbocycles. The quantitative estimate of drug-likeness (QED) is 0.192. The van der Waals surface area contributed by atoms with E-state index in [0.717, 1.165) is 43.9 Å². The molecule has 214 valence electrons. The Morgan fingerprint density at radius 3 is 1.70 bits per heavy atom. The molecule has 0 aliphatic rings. The molecule has 0 fully saturated rings. The molecule has 0 saturated carbocycles. The summed E-state index contributed by atoms with van der Waals surface area (Å²) in [6.45, 7) is 0. The third-order valence-electron chi connectivity index (χ3n) is 9.50. The average Bonchev–Trinajstić information content (AvgIpc) is 3.86. The van der Waals surface area contributed by atoms with Gasteiger partial charge in [-0.2, -0.15) is 0 Å². The summed E-state index contributed by atoms with van der Waals surface area (Å²) in [5.41, 5.74) is 8.31. The van der Waals surface area contributed by atoms with Crippen LogP contribution in [0.1, 0.15) is 0 Å². The molecule has 0 atom stereocenters. The molecule has 0 unspecified atom stereocenters. The lowest BCUT2D eigenvalue weighted by molar-refractivity contribution is 0.663. The molecule has 7 aromatic carbocycles. The molecule has 4 heterocycles. The van der Waals surface area contributed by atoms with Crippen LogP contribution >= 0.6 is 22.7 Å². The zero-order valence-corrected chi connectivity index (χ0v) is 26.0. The second kappa shape index (κ2) is 9.07.